The van der Waals surface area contributed by atoms with Crippen LogP contribution in [0.4, 0.5) is 0 Å². The Morgan fingerprint density at radius 2 is 2.07 bits per heavy atom. The molecule has 1 aromatic rings. The van der Waals surface area contributed by atoms with Crippen molar-refractivity contribution in [3.8, 4) is 0 Å². The summed E-state index contributed by atoms with van der Waals surface area (Å²) in [6.45, 7) is 4.16. The maximum atomic E-state index is 5.48. The van der Waals surface area contributed by atoms with Gasteiger partial charge >= 0.3 is 0 Å². The van der Waals surface area contributed by atoms with E-state index in [1.807, 2.05) is 30.0 Å². The van der Waals surface area contributed by atoms with E-state index in [9.17, 15) is 0 Å². The van der Waals surface area contributed by atoms with Crippen LogP contribution in [-0.4, -0.2) is 11.8 Å². The van der Waals surface area contributed by atoms with Crippen molar-refractivity contribution < 1.29 is 0 Å². The lowest BCUT2D eigenvalue weighted by Crippen LogP contribution is -2.35. The van der Waals surface area contributed by atoms with E-state index in [4.69, 9.17) is 5.84 Å². The van der Waals surface area contributed by atoms with Gasteiger partial charge in [-0.25, -0.2) is 0 Å². The van der Waals surface area contributed by atoms with Gasteiger partial charge in [0.15, 0.2) is 0 Å². The van der Waals surface area contributed by atoms with Crippen molar-refractivity contribution in [2.75, 3.05) is 5.75 Å². The second kappa shape index (κ2) is 6.67. The number of hydrogen-bond donors (Lipinski definition) is 2. The van der Waals surface area contributed by atoms with E-state index in [0.717, 1.165) is 5.75 Å². The molecule has 0 aliphatic rings. The lowest BCUT2D eigenvalue weighted by atomic mass is 10.2. The summed E-state index contributed by atoms with van der Waals surface area (Å²) in [6.07, 6.45) is 2.15. The lowest BCUT2D eigenvalue weighted by molar-refractivity contribution is 0.673. The molecule has 1 aromatic carbocycles. The van der Waals surface area contributed by atoms with E-state index < -0.39 is 0 Å². The topological polar surface area (TPSA) is 38.0 Å². The molecule has 0 fully saturated rings. The second-order valence-electron chi connectivity index (χ2n) is 3.64. The van der Waals surface area contributed by atoms with Crippen LogP contribution in [0.2, 0.25) is 0 Å². The van der Waals surface area contributed by atoms with E-state index in [1.54, 1.807) is 0 Å². The first kappa shape index (κ1) is 12.3. The van der Waals surface area contributed by atoms with Crippen molar-refractivity contribution in [3.63, 3.8) is 0 Å². The third kappa shape index (κ3) is 5.02. The summed E-state index contributed by atoms with van der Waals surface area (Å²) in [5.74, 6) is 6.43. The number of benzene rings is 1. The van der Waals surface area contributed by atoms with Crippen molar-refractivity contribution in [3.05, 3.63) is 42.0 Å². The lowest BCUT2D eigenvalue weighted by Gasteiger charge is -2.11. The number of hydrazine groups is 1. The molecule has 3 N–H and O–H groups in total. The highest BCUT2D eigenvalue weighted by molar-refractivity contribution is 7.99. The Kier molecular flexibility index (Phi) is 5.47. The van der Waals surface area contributed by atoms with E-state index in [1.165, 1.54) is 10.5 Å². The monoisotopic (exact) mass is 222 g/mol. The van der Waals surface area contributed by atoms with Gasteiger partial charge in [-0.15, -0.1) is 11.8 Å². The molecule has 0 aliphatic carbocycles. The Morgan fingerprint density at radius 1 is 1.40 bits per heavy atom. The summed E-state index contributed by atoms with van der Waals surface area (Å²) in [6, 6.07) is 10.6. The highest BCUT2D eigenvalue weighted by Gasteiger charge is 2.03. The van der Waals surface area contributed by atoms with Crippen LogP contribution >= 0.6 is 11.8 Å². The highest BCUT2D eigenvalue weighted by atomic mass is 32.2. The van der Waals surface area contributed by atoms with E-state index in [-0.39, 0.29) is 6.04 Å². The summed E-state index contributed by atoms with van der Waals surface area (Å²) in [5.41, 5.74) is 4.09. The molecule has 2 nitrogen and oxygen atoms in total. The quantitative estimate of drug-likeness (QED) is 0.348. The number of nitrogens with one attached hydrogen (secondary N) is 1. The zero-order chi connectivity index (χ0) is 11.1. The molecule has 1 unspecified atom stereocenters. The minimum atomic E-state index is 0.236. The average molecular weight is 222 g/mol. The first-order valence-corrected chi connectivity index (χ1v) is 6.00. The van der Waals surface area contributed by atoms with Gasteiger partial charge in [0, 0.05) is 16.7 Å². The Balaban J connectivity index is 2.45. The zero-order valence-electron chi connectivity index (χ0n) is 9.23. The highest BCUT2D eigenvalue weighted by Crippen LogP contribution is 2.18. The third-order valence-electron chi connectivity index (χ3n) is 1.92. The van der Waals surface area contributed by atoms with Crippen molar-refractivity contribution in [2.45, 2.75) is 24.8 Å². The largest absolute Gasteiger partial charge is 0.271 e. The van der Waals surface area contributed by atoms with Gasteiger partial charge in [-0.3, -0.25) is 11.3 Å². The normalized spacial score (nSPS) is 12.2. The SMILES string of the molecule is CC(C)=CC(CSc1ccccc1)NN. The molecule has 82 valence electrons. The Morgan fingerprint density at radius 3 is 2.60 bits per heavy atom. The Hall–Kier alpha value is -0.770. The molecule has 15 heavy (non-hydrogen) atoms. The number of rotatable bonds is 5. The van der Waals surface area contributed by atoms with Crippen LogP contribution in [0.25, 0.3) is 0 Å². The van der Waals surface area contributed by atoms with E-state index in [0.29, 0.717) is 0 Å². The molecule has 0 bridgehead atoms. The standard InChI is InChI=1S/C12H18N2S/c1-10(2)8-11(14-13)9-15-12-6-4-3-5-7-12/h3-8,11,14H,9,13H2,1-2H3. The summed E-state index contributed by atoms with van der Waals surface area (Å²) >= 11 is 1.81. The molecule has 0 saturated heterocycles. The molecule has 1 rings (SSSR count). The minimum absolute atomic E-state index is 0.236. The number of allylic oxidation sites excluding steroid dienone is 1. The number of hydrogen-bond acceptors (Lipinski definition) is 3. The molecule has 0 spiro atoms. The number of thioether (sulfide) groups is 1. The van der Waals surface area contributed by atoms with Crippen molar-refractivity contribution in [1.29, 1.82) is 0 Å². The van der Waals surface area contributed by atoms with Gasteiger partial charge in [-0.05, 0) is 26.0 Å². The van der Waals surface area contributed by atoms with Gasteiger partial charge in [0.25, 0.3) is 0 Å². The third-order valence-corrected chi connectivity index (χ3v) is 3.05. The van der Waals surface area contributed by atoms with Crippen molar-refractivity contribution in [1.82, 2.24) is 5.43 Å². The number of nitrogens with two attached hydrogens (primary N) is 1. The molecule has 0 saturated carbocycles. The van der Waals surface area contributed by atoms with E-state index in [2.05, 4.69) is 37.5 Å². The van der Waals surface area contributed by atoms with Crippen LogP contribution in [0.1, 0.15) is 13.8 Å². The smallest absolute Gasteiger partial charge is 0.0486 e. The molecular weight excluding hydrogens is 204 g/mol. The van der Waals surface area contributed by atoms with Gasteiger partial charge < -0.3 is 0 Å². The summed E-state index contributed by atoms with van der Waals surface area (Å²) in [4.78, 5) is 1.28. The summed E-state index contributed by atoms with van der Waals surface area (Å²) < 4.78 is 0. The molecular formula is C12H18N2S. The van der Waals surface area contributed by atoms with Gasteiger partial charge in [0.1, 0.15) is 0 Å². The second-order valence-corrected chi connectivity index (χ2v) is 4.73. The van der Waals surface area contributed by atoms with Crippen LogP contribution in [0, 0.1) is 0 Å². The molecule has 1 atom stereocenters. The molecule has 0 aromatic heterocycles. The van der Waals surface area contributed by atoms with Crippen LogP contribution < -0.4 is 11.3 Å². The minimum Gasteiger partial charge on any atom is -0.271 e. The van der Waals surface area contributed by atoms with Crippen LogP contribution in [0.3, 0.4) is 0 Å². The summed E-state index contributed by atoms with van der Waals surface area (Å²) in [7, 11) is 0. The first-order chi connectivity index (χ1) is 7.22. The van der Waals surface area contributed by atoms with Gasteiger partial charge in [0.05, 0.1) is 0 Å². The Labute approximate surface area is 95.9 Å². The maximum absolute atomic E-state index is 5.48. The van der Waals surface area contributed by atoms with Crippen LogP contribution in [-0.2, 0) is 0 Å². The van der Waals surface area contributed by atoms with Gasteiger partial charge in [-0.1, -0.05) is 29.8 Å². The predicted molar refractivity (Wildman–Crippen MR) is 67.7 cm³/mol. The first-order valence-electron chi connectivity index (χ1n) is 5.01. The molecule has 3 heteroatoms. The predicted octanol–water partition coefficient (Wildman–Crippen LogP) is 2.58. The zero-order valence-corrected chi connectivity index (χ0v) is 10.1. The fourth-order valence-corrected chi connectivity index (χ4v) is 2.16. The maximum Gasteiger partial charge on any atom is 0.0486 e. The summed E-state index contributed by atoms with van der Waals surface area (Å²) in [5, 5.41) is 0. The van der Waals surface area contributed by atoms with Crippen LogP contribution in [0.5, 0.6) is 0 Å². The van der Waals surface area contributed by atoms with Crippen LogP contribution in [0.15, 0.2) is 46.9 Å². The average Bonchev–Trinajstić information content (AvgIpc) is 2.25. The van der Waals surface area contributed by atoms with Crippen molar-refractivity contribution >= 4 is 11.8 Å². The molecule has 0 amide bonds. The fraction of sp³-hybridized carbons (Fsp3) is 0.333. The Bertz CT molecular complexity index is 305. The van der Waals surface area contributed by atoms with E-state index >= 15 is 0 Å². The fourth-order valence-electron chi connectivity index (χ4n) is 1.25. The van der Waals surface area contributed by atoms with Crippen molar-refractivity contribution in [2.24, 2.45) is 5.84 Å². The van der Waals surface area contributed by atoms with Gasteiger partial charge in [-0.2, -0.15) is 0 Å². The molecule has 0 aliphatic heterocycles. The van der Waals surface area contributed by atoms with Gasteiger partial charge in [0.2, 0.25) is 0 Å². The molecule has 0 heterocycles. The molecule has 0 radical (unpaired) electrons.